The van der Waals surface area contributed by atoms with Gasteiger partial charge in [-0.1, -0.05) is 58.0 Å². The maximum atomic E-state index is 14.0. The molecule has 0 aliphatic carbocycles. The Hall–Kier alpha value is -2.37. The monoisotopic (exact) mass is 635 g/mol. The number of esters is 1. The van der Waals surface area contributed by atoms with Gasteiger partial charge in [0.1, 0.15) is 23.8 Å². The van der Waals surface area contributed by atoms with E-state index < -0.39 is 43.6 Å². The third-order valence-electron chi connectivity index (χ3n) is 8.01. The van der Waals surface area contributed by atoms with Gasteiger partial charge in [0.15, 0.2) is 8.32 Å². The minimum atomic E-state index is -1.98. The van der Waals surface area contributed by atoms with Crippen molar-refractivity contribution in [3.8, 4) is 0 Å². The summed E-state index contributed by atoms with van der Waals surface area (Å²) in [5, 5.41) is 3.50. The Kier molecular flexibility index (Phi) is 12.5. The van der Waals surface area contributed by atoms with Crippen LogP contribution in [0.3, 0.4) is 0 Å². The number of thioether (sulfide) groups is 1. The predicted octanol–water partition coefficient (Wildman–Crippen LogP) is 6.42. The number of amides is 2. The van der Waals surface area contributed by atoms with E-state index in [9.17, 15) is 14.4 Å². The van der Waals surface area contributed by atoms with Gasteiger partial charge in [-0.05, 0) is 70.7 Å². The van der Waals surface area contributed by atoms with E-state index in [-0.39, 0.29) is 23.5 Å². The molecule has 1 aromatic rings. The third-order valence-corrected chi connectivity index (χ3v) is 14.0. The Labute approximate surface area is 264 Å². The first-order valence-corrected chi connectivity index (χ1v) is 18.9. The Morgan fingerprint density at radius 2 is 1.70 bits per heavy atom. The van der Waals surface area contributed by atoms with Crippen molar-refractivity contribution in [2.45, 2.75) is 117 Å². The number of aliphatic imine (C=N–C) groups is 1. The standard InChI is InChI=1S/C32H53N3O6SSi/c1-22(18-19-40-43(11,12)31(6,7)8)25(27(36)39-20-24-16-14-13-15-17-24)35(10)28(37)32(9)21-42-26(34-32)23(2)33-29(38)41-30(3,4)5/h13-17,22-23,25H,18-21H2,1-12H3,(H,33,38)/t22-,23-,25-,32-/m0/s1. The summed E-state index contributed by atoms with van der Waals surface area (Å²) in [7, 11) is -0.328. The molecule has 43 heavy (non-hydrogen) atoms. The Morgan fingerprint density at radius 3 is 2.26 bits per heavy atom. The highest BCUT2D eigenvalue weighted by Crippen LogP contribution is 2.37. The zero-order chi connectivity index (χ0) is 32.8. The molecule has 0 aromatic heterocycles. The van der Waals surface area contributed by atoms with E-state index in [1.54, 1.807) is 34.7 Å². The molecule has 1 heterocycles. The molecule has 2 amide bonds. The van der Waals surface area contributed by atoms with E-state index in [1.807, 2.05) is 44.2 Å². The number of nitrogens with zero attached hydrogens (tertiary/aromatic N) is 2. The van der Waals surface area contributed by atoms with Crippen molar-refractivity contribution in [1.29, 1.82) is 0 Å². The fourth-order valence-electron chi connectivity index (χ4n) is 4.37. The van der Waals surface area contributed by atoms with Crippen LogP contribution in [0.4, 0.5) is 4.79 Å². The molecule has 9 nitrogen and oxygen atoms in total. The van der Waals surface area contributed by atoms with E-state index in [1.165, 1.54) is 16.7 Å². The molecule has 1 aromatic carbocycles. The third kappa shape index (κ3) is 10.6. The lowest BCUT2D eigenvalue weighted by atomic mass is 9.95. The first kappa shape index (κ1) is 36.8. The highest BCUT2D eigenvalue weighted by Gasteiger charge is 2.45. The molecule has 11 heteroatoms. The van der Waals surface area contributed by atoms with Crippen molar-refractivity contribution in [1.82, 2.24) is 10.2 Å². The summed E-state index contributed by atoms with van der Waals surface area (Å²) in [6.07, 6.45) is 0.0433. The lowest BCUT2D eigenvalue weighted by Crippen LogP contribution is -2.54. The summed E-state index contributed by atoms with van der Waals surface area (Å²) in [4.78, 5) is 46.1. The number of benzene rings is 1. The van der Waals surface area contributed by atoms with Crippen LogP contribution in [0.2, 0.25) is 18.1 Å². The van der Waals surface area contributed by atoms with E-state index in [2.05, 4.69) is 39.2 Å². The smallest absolute Gasteiger partial charge is 0.408 e. The number of hydrogen-bond donors (Lipinski definition) is 1. The van der Waals surface area contributed by atoms with Gasteiger partial charge in [0.2, 0.25) is 0 Å². The van der Waals surface area contributed by atoms with Gasteiger partial charge in [-0.3, -0.25) is 9.79 Å². The van der Waals surface area contributed by atoms with Gasteiger partial charge >= 0.3 is 12.1 Å². The Morgan fingerprint density at radius 1 is 1.09 bits per heavy atom. The van der Waals surface area contributed by atoms with Crippen molar-refractivity contribution >= 4 is 43.1 Å². The van der Waals surface area contributed by atoms with Crippen LogP contribution in [0.1, 0.15) is 74.3 Å². The van der Waals surface area contributed by atoms with Crippen molar-refractivity contribution in [2.75, 3.05) is 19.4 Å². The quantitative estimate of drug-likeness (QED) is 0.209. The molecule has 0 saturated carbocycles. The van der Waals surface area contributed by atoms with Crippen LogP contribution < -0.4 is 5.32 Å². The lowest BCUT2D eigenvalue weighted by molar-refractivity contribution is -0.159. The van der Waals surface area contributed by atoms with E-state index in [0.29, 0.717) is 23.8 Å². The van der Waals surface area contributed by atoms with Crippen molar-refractivity contribution in [2.24, 2.45) is 10.9 Å². The van der Waals surface area contributed by atoms with Gasteiger partial charge in [-0.2, -0.15) is 0 Å². The van der Waals surface area contributed by atoms with Crippen molar-refractivity contribution < 1.29 is 28.3 Å². The second kappa shape index (κ2) is 14.6. The van der Waals surface area contributed by atoms with E-state index in [4.69, 9.17) is 18.9 Å². The molecule has 1 N–H and O–H groups in total. The number of ether oxygens (including phenoxy) is 2. The van der Waals surface area contributed by atoms with Crippen LogP contribution in [-0.2, 0) is 30.1 Å². The van der Waals surface area contributed by atoms with Gasteiger partial charge in [-0.15, -0.1) is 11.8 Å². The number of carbonyl (C=O) groups is 3. The summed E-state index contributed by atoms with van der Waals surface area (Å²) < 4.78 is 17.5. The number of nitrogens with one attached hydrogen (secondary N) is 1. The number of likely N-dealkylation sites (N-methyl/N-ethyl adjacent to an activating group) is 1. The molecule has 4 atom stereocenters. The van der Waals surface area contributed by atoms with Crippen LogP contribution in [0, 0.1) is 5.92 Å². The fourth-order valence-corrected chi connectivity index (χ4v) is 6.62. The average molecular weight is 636 g/mol. The zero-order valence-corrected chi connectivity index (χ0v) is 30.0. The maximum Gasteiger partial charge on any atom is 0.408 e. The zero-order valence-electron chi connectivity index (χ0n) is 28.2. The minimum absolute atomic E-state index is 0.0664. The SMILES string of the molecule is C[C@H](NC(=O)OC(C)(C)C)C1=N[C@](C)(C(=O)N(C)[C@H](C(=O)OCc2ccccc2)[C@@H](C)CCO[Si](C)(C)C(C)(C)C)CS1. The highest BCUT2D eigenvalue weighted by molar-refractivity contribution is 8.14. The summed E-state index contributed by atoms with van der Waals surface area (Å²) in [5.41, 5.74) is -0.857. The fraction of sp³-hybridized carbons (Fsp3) is 0.688. The number of alkyl carbamates (subject to hydrolysis) is 1. The summed E-state index contributed by atoms with van der Waals surface area (Å²) in [6, 6.07) is 8.23. The first-order chi connectivity index (χ1) is 19.7. The maximum absolute atomic E-state index is 14.0. The number of carbonyl (C=O) groups excluding carboxylic acids is 3. The molecule has 242 valence electrons. The van der Waals surface area contributed by atoms with Gasteiger partial charge in [-0.25, -0.2) is 9.59 Å². The molecular formula is C32H53N3O6SSi. The molecule has 1 aliphatic heterocycles. The molecule has 0 radical (unpaired) electrons. The molecule has 0 spiro atoms. The van der Waals surface area contributed by atoms with Crippen LogP contribution in [-0.4, -0.2) is 78.9 Å². The Balaban J connectivity index is 2.22. The van der Waals surface area contributed by atoms with Crippen LogP contribution in [0.15, 0.2) is 35.3 Å². The van der Waals surface area contributed by atoms with Crippen molar-refractivity contribution in [3.63, 3.8) is 0 Å². The molecular weight excluding hydrogens is 583 g/mol. The number of hydrogen-bond acceptors (Lipinski definition) is 8. The lowest BCUT2D eigenvalue weighted by Gasteiger charge is -2.38. The van der Waals surface area contributed by atoms with Crippen LogP contribution >= 0.6 is 11.8 Å². The van der Waals surface area contributed by atoms with Gasteiger partial charge in [0, 0.05) is 19.4 Å². The largest absolute Gasteiger partial charge is 0.459 e. The second-order valence-electron chi connectivity index (χ2n) is 14.2. The van der Waals surface area contributed by atoms with E-state index >= 15 is 0 Å². The Bertz CT molecular complexity index is 1150. The van der Waals surface area contributed by atoms with Gasteiger partial charge in [0.05, 0.1) is 11.1 Å². The van der Waals surface area contributed by atoms with Gasteiger partial charge < -0.3 is 24.1 Å². The summed E-state index contributed by atoms with van der Waals surface area (Å²) in [6.45, 7) is 22.5. The minimum Gasteiger partial charge on any atom is -0.459 e. The molecule has 0 saturated heterocycles. The molecule has 1 aliphatic rings. The van der Waals surface area contributed by atoms with Crippen LogP contribution in [0.25, 0.3) is 0 Å². The summed E-state index contributed by atoms with van der Waals surface area (Å²) in [5.74, 6) is -0.576. The topological polar surface area (TPSA) is 107 Å². The highest BCUT2D eigenvalue weighted by atomic mass is 32.2. The normalized spacial score (nSPS) is 19.6. The molecule has 0 unspecified atom stereocenters. The molecule has 0 fully saturated rings. The van der Waals surface area contributed by atoms with Crippen molar-refractivity contribution in [3.05, 3.63) is 35.9 Å². The molecule has 0 bridgehead atoms. The average Bonchev–Trinajstić information content (AvgIpc) is 3.29. The van der Waals surface area contributed by atoms with E-state index in [0.717, 1.165) is 5.56 Å². The first-order valence-electron chi connectivity index (χ1n) is 15.0. The van der Waals surface area contributed by atoms with Gasteiger partial charge in [0.25, 0.3) is 5.91 Å². The molecule has 2 rings (SSSR count). The number of rotatable bonds is 12. The van der Waals surface area contributed by atoms with Crippen LogP contribution in [0.5, 0.6) is 0 Å². The summed E-state index contributed by atoms with van der Waals surface area (Å²) >= 11 is 1.42. The second-order valence-corrected chi connectivity index (χ2v) is 20.0. The predicted molar refractivity (Wildman–Crippen MR) is 177 cm³/mol.